The van der Waals surface area contributed by atoms with Crippen LogP contribution in [0.15, 0.2) is 29.3 Å². The van der Waals surface area contributed by atoms with Crippen LogP contribution in [0, 0.1) is 12.7 Å². The van der Waals surface area contributed by atoms with E-state index < -0.39 is 0 Å². The molecule has 0 saturated carbocycles. The van der Waals surface area contributed by atoms with E-state index >= 15 is 0 Å². The average Bonchev–Trinajstić information content (AvgIpc) is 2.66. The average molecular weight is 204 g/mol. The van der Waals surface area contributed by atoms with Gasteiger partial charge in [0.2, 0.25) is 11.7 Å². The minimum Gasteiger partial charge on any atom is -0.334 e. The summed E-state index contributed by atoms with van der Waals surface area (Å²) in [6.45, 7) is 5.31. The molecule has 76 valence electrons. The normalized spacial score (nSPS) is 10.3. The summed E-state index contributed by atoms with van der Waals surface area (Å²) in [5.41, 5.74) is 1.53. The van der Waals surface area contributed by atoms with Crippen LogP contribution in [0.25, 0.3) is 17.5 Å². The molecule has 0 amide bonds. The molecule has 0 aliphatic rings. The van der Waals surface area contributed by atoms with E-state index in [-0.39, 0.29) is 5.82 Å². The van der Waals surface area contributed by atoms with Crippen molar-refractivity contribution in [3.05, 3.63) is 42.0 Å². The molecule has 15 heavy (non-hydrogen) atoms. The van der Waals surface area contributed by atoms with E-state index in [0.717, 1.165) is 11.1 Å². The van der Waals surface area contributed by atoms with Crippen molar-refractivity contribution < 1.29 is 8.91 Å². The molecule has 0 unspecified atom stereocenters. The molecule has 3 nitrogen and oxygen atoms in total. The smallest absolute Gasteiger partial charge is 0.250 e. The molecule has 2 aromatic rings. The van der Waals surface area contributed by atoms with Crippen molar-refractivity contribution in [1.29, 1.82) is 0 Å². The van der Waals surface area contributed by atoms with E-state index in [2.05, 4.69) is 16.7 Å². The van der Waals surface area contributed by atoms with Crippen molar-refractivity contribution in [2.24, 2.45) is 0 Å². The number of aryl methyl sites for hydroxylation is 1. The molecule has 2 rings (SSSR count). The van der Waals surface area contributed by atoms with Crippen LogP contribution < -0.4 is 0 Å². The van der Waals surface area contributed by atoms with Crippen LogP contribution in [0.1, 0.15) is 11.5 Å². The maximum atomic E-state index is 12.9. The first kappa shape index (κ1) is 9.58. The lowest BCUT2D eigenvalue weighted by Crippen LogP contribution is -1.87. The van der Waals surface area contributed by atoms with Gasteiger partial charge in [-0.25, -0.2) is 4.39 Å². The van der Waals surface area contributed by atoms with Gasteiger partial charge in [0.1, 0.15) is 5.82 Å². The molecular weight excluding hydrogens is 195 g/mol. The topological polar surface area (TPSA) is 38.9 Å². The summed E-state index contributed by atoms with van der Waals surface area (Å²) in [7, 11) is 0. The second kappa shape index (κ2) is 3.65. The van der Waals surface area contributed by atoms with Crippen molar-refractivity contribution in [3.8, 4) is 11.4 Å². The second-order valence-corrected chi connectivity index (χ2v) is 3.12. The molecule has 0 aliphatic heterocycles. The number of benzene rings is 1. The Hall–Kier alpha value is -1.97. The lowest BCUT2D eigenvalue weighted by atomic mass is 10.1. The lowest BCUT2D eigenvalue weighted by molar-refractivity contribution is 0.411. The van der Waals surface area contributed by atoms with Crippen molar-refractivity contribution in [1.82, 2.24) is 10.1 Å². The first-order valence-electron chi connectivity index (χ1n) is 4.43. The first-order valence-corrected chi connectivity index (χ1v) is 4.43. The zero-order valence-corrected chi connectivity index (χ0v) is 8.20. The highest BCUT2D eigenvalue weighted by Crippen LogP contribution is 2.21. The Morgan fingerprint density at radius 1 is 1.47 bits per heavy atom. The first-order chi connectivity index (χ1) is 7.20. The van der Waals surface area contributed by atoms with Gasteiger partial charge < -0.3 is 4.52 Å². The molecule has 0 N–H and O–H groups in total. The zero-order chi connectivity index (χ0) is 10.8. The number of hydrogen-bond acceptors (Lipinski definition) is 3. The van der Waals surface area contributed by atoms with Gasteiger partial charge >= 0.3 is 0 Å². The third kappa shape index (κ3) is 1.79. The molecule has 4 heteroatoms. The molecule has 0 radical (unpaired) electrons. The fraction of sp³-hybridized carbons (Fsp3) is 0.0909. The van der Waals surface area contributed by atoms with Gasteiger partial charge in [-0.1, -0.05) is 11.7 Å². The van der Waals surface area contributed by atoms with Crippen LogP contribution in [0.4, 0.5) is 4.39 Å². The highest BCUT2D eigenvalue weighted by molar-refractivity contribution is 5.60. The van der Waals surface area contributed by atoms with Crippen LogP contribution in [0.2, 0.25) is 0 Å². The molecule has 0 fully saturated rings. The number of halogens is 1. The van der Waals surface area contributed by atoms with Crippen LogP contribution in [-0.4, -0.2) is 10.1 Å². The Morgan fingerprint density at radius 3 is 2.87 bits per heavy atom. The van der Waals surface area contributed by atoms with Crippen molar-refractivity contribution in [3.63, 3.8) is 0 Å². The van der Waals surface area contributed by atoms with Gasteiger partial charge in [-0.15, -0.1) is 0 Å². The minimum absolute atomic E-state index is 0.274. The molecule has 0 bridgehead atoms. The van der Waals surface area contributed by atoms with Crippen LogP contribution in [0.5, 0.6) is 0 Å². The fourth-order valence-corrected chi connectivity index (χ4v) is 1.31. The summed E-state index contributed by atoms with van der Waals surface area (Å²) >= 11 is 0. The Balaban J connectivity index is 2.49. The molecule has 0 saturated heterocycles. The van der Waals surface area contributed by atoms with Gasteiger partial charge in [-0.3, -0.25) is 0 Å². The van der Waals surface area contributed by atoms with E-state index in [1.54, 1.807) is 13.0 Å². The standard InChI is InChI=1S/C11H9FN2O/c1-3-10-13-11(14-15-10)9-5-4-8(12)6-7(9)2/h3-6H,1H2,2H3. The van der Waals surface area contributed by atoms with Gasteiger partial charge in [0.25, 0.3) is 0 Å². The maximum Gasteiger partial charge on any atom is 0.250 e. The third-order valence-corrected chi connectivity index (χ3v) is 2.05. The number of hydrogen-bond donors (Lipinski definition) is 0. The molecule has 0 atom stereocenters. The predicted octanol–water partition coefficient (Wildman–Crippen LogP) is 2.83. The van der Waals surface area contributed by atoms with Crippen molar-refractivity contribution in [2.45, 2.75) is 6.92 Å². The van der Waals surface area contributed by atoms with Crippen LogP contribution >= 0.6 is 0 Å². The van der Waals surface area contributed by atoms with Gasteiger partial charge in [0.05, 0.1) is 0 Å². The monoisotopic (exact) mass is 204 g/mol. The fourth-order valence-electron chi connectivity index (χ4n) is 1.31. The largest absolute Gasteiger partial charge is 0.334 e. The summed E-state index contributed by atoms with van der Waals surface area (Å²) < 4.78 is 17.7. The molecule has 1 aromatic carbocycles. The Labute approximate surface area is 86.2 Å². The van der Waals surface area contributed by atoms with Crippen LogP contribution in [-0.2, 0) is 0 Å². The Bertz CT molecular complexity index is 505. The maximum absolute atomic E-state index is 12.9. The molecule has 1 heterocycles. The van der Waals surface area contributed by atoms with E-state index in [1.165, 1.54) is 18.2 Å². The third-order valence-electron chi connectivity index (χ3n) is 2.05. The van der Waals surface area contributed by atoms with E-state index in [9.17, 15) is 4.39 Å². The van der Waals surface area contributed by atoms with Gasteiger partial charge in [-0.05, 0) is 36.8 Å². The highest BCUT2D eigenvalue weighted by Gasteiger charge is 2.09. The van der Waals surface area contributed by atoms with Gasteiger partial charge in [0, 0.05) is 5.56 Å². The molecular formula is C11H9FN2O. The Morgan fingerprint density at radius 2 is 2.27 bits per heavy atom. The number of nitrogens with zero attached hydrogens (tertiary/aromatic N) is 2. The lowest BCUT2D eigenvalue weighted by Gasteiger charge is -1.99. The van der Waals surface area contributed by atoms with Crippen molar-refractivity contribution >= 4 is 6.08 Å². The van der Waals surface area contributed by atoms with Crippen LogP contribution in [0.3, 0.4) is 0 Å². The molecule has 1 aromatic heterocycles. The van der Waals surface area contributed by atoms with E-state index in [4.69, 9.17) is 4.52 Å². The SMILES string of the molecule is C=Cc1nc(-c2ccc(F)cc2C)no1. The number of aromatic nitrogens is 2. The highest BCUT2D eigenvalue weighted by atomic mass is 19.1. The second-order valence-electron chi connectivity index (χ2n) is 3.12. The summed E-state index contributed by atoms with van der Waals surface area (Å²) in [5.74, 6) is 0.528. The van der Waals surface area contributed by atoms with Gasteiger partial charge in [0.15, 0.2) is 0 Å². The Kier molecular flexibility index (Phi) is 2.33. The summed E-state index contributed by atoms with van der Waals surface area (Å²) in [6, 6.07) is 4.42. The minimum atomic E-state index is -0.274. The van der Waals surface area contributed by atoms with Gasteiger partial charge in [-0.2, -0.15) is 4.98 Å². The summed E-state index contributed by atoms with van der Waals surface area (Å²) in [5, 5.41) is 3.77. The summed E-state index contributed by atoms with van der Waals surface area (Å²) in [4.78, 5) is 4.07. The molecule has 0 aliphatic carbocycles. The van der Waals surface area contributed by atoms with E-state index in [0.29, 0.717) is 11.7 Å². The van der Waals surface area contributed by atoms with E-state index in [1.807, 2.05) is 0 Å². The molecule has 0 spiro atoms. The number of rotatable bonds is 2. The zero-order valence-electron chi connectivity index (χ0n) is 8.20. The predicted molar refractivity (Wildman–Crippen MR) is 54.5 cm³/mol. The van der Waals surface area contributed by atoms with Crippen molar-refractivity contribution in [2.75, 3.05) is 0 Å². The summed E-state index contributed by atoms with van der Waals surface area (Å²) in [6.07, 6.45) is 1.47. The quantitative estimate of drug-likeness (QED) is 0.755.